The van der Waals surface area contributed by atoms with Gasteiger partial charge in [-0.3, -0.25) is 9.59 Å². The van der Waals surface area contributed by atoms with Gasteiger partial charge in [0.1, 0.15) is 22.8 Å². The minimum Gasteiger partial charge on any atom is -0.507 e. The standard InChI is InChI=1S/C32H38O8/c1-19(2)18-38-31-23(14-9-15-25(31)37-4)24-17-27(34)40-26-16-21-11-6-5-7-12-22(33)13-8-10-20(3)39-32(36)28(21)30(35)29(24)26/h6,9,11,14-16,19-20,24,35H,5,7-8,10,12-13,17-18H2,1-4H3/t20-,24-/m1/s1. The molecule has 0 amide bonds. The van der Waals surface area contributed by atoms with Crippen LogP contribution in [0.4, 0.5) is 0 Å². The molecule has 8 nitrogen and oxygen atoms in total. The molecule has 0 spiro atoms. The van der Waals surface area contributed by atoms with E-state index in [1.54, 1.807) is 38.3 Å². The number of para-hydroxylation sites is 1. The normalized spacial score (nSPS) is 20.2. The van der Waals surface area contributed by atoms with Crippen LogP contribution in [0, 0.1) is 5.92 Å². The smallest absolute Gasteiger partial charge is 0.342 e. The second-order valence-corrected chi connectivity index (χ2v) is 10.9. The van der Waals surface area contributed by atoms with Crippen molar-refractivity contribution in [3.63, 3.8) is 0 Å². The molecule has 2 aliphatic heterocycles. The second kappa shape index (κ2) is 13.0. The Hall–Kier alpha value is -3.81. The van der Waals surface area contributed by atoms with E-state index < -0.39 is 24.0 Å². The Labute approximate surface area is 235 Å². The van der Waals surface area contributed by atoms with Gasteiger partial charge in [0.05, 0.1) is 26.2 Å². The van der Waals surface area contributed by atoms with Gasteiger partial charge in [0.25, 0.3) is 0 Å². The summed E-state index contributed by atoms with van der Waals surface area (Å²) in [5.41, 5.74) is 1.37. The molecule has 0 saturated heterocycles. The third-order valence-corrected chi connectivity index (χ3v) is 7.14. The number of cyclic esters (lactones) is 1. The summed E-state index contributed by atoms with van der Waals surface area (Å²) in [5.74, 6) is -0.465. The number of carbonyl (C=O) groups is 3. The van der Waals surface area contributed by atoms with Gasteiger partial charge in [-0.05, 0) is 56.2 Å². The number of phenolic OH excluding ortho intramolecular Hbond substituents is 1. The molecule has 8 heteroatoms. The Morgan fingerprint density at radius 3 is 2.65 bits per heavy atom. The van der Waals surface area contributed by atoms with Crippen LogP contribution in [0.25, 0.3) is 6.08 Å². The van der Waals surface area contributed by atoms with Crippen LogP contribution >= 0.6 is 0 Å². The molecule has 2 aromatic rings. The Morgan fingerprint density at radius 2 is 1.90 bits per heavy atom. The van der Waals surface area contributed by atoms with Crippen molar-refractivity contribution in [2.75, 3.05) is 13.7 Å². The van der Waals surface area contributed by atoms with Crippen LogP contribution in [0.5, 0.6) is 23.0 Å². The fourth-order valence-corrected chi connectivity index (χ4v) is 5.16. The summed E-state index contributed by atoms with van der Waals surface area (Å²) < 4.78 is 23.0. The monoisotopic (exact) mass is 550 g/mol. The predicted octanol–water partition coefficient (Wildman–Crippen LogP) is 6.36. The molecule has 0 unspecified atom stereocenters. The first-order valence-electron chi connectivity index (χ1n) is 14.0. The average Bonchev–Trinajstić information content (AvgIpc) is 2.90. The zero-order valence-electron chi connectivity index (χ0n) is 23.7. The van der Waals surface area contributed by atoms with Gasteiger partial charge in [-0.2, -0.15) is 0 Å². The van der Waals surface area contributed by atoms with Crippen LogP contribution in [0.15, 0.2) is 30.3 Å². The second-order valence-electron chi connectivity index (χ2n) is 10.9. The summed E-state index contributed by atoms with van der Waals surface area (Å²) in [5, 5.41) is 11.7. The van der Waals surface area contributed by atoms with Crippen LogP contribution < -0.4 is 14.2 Å². The number of benzene rings is 2. The number of hydrogen-bond acceptors (Lipinski definition) is 8. The lowest BCUT2D eigenvalue weighted by molar-refractivity contribution is -0.135. The van der Waals surface area contributed by atoms with Gasteiger partial charge in [-0.1, -0.05) is 38.1 Å². The highest BCUT2D eigenvalue weighted by atomic mass is 16.5. The molecule has 2 aliphatic rings. The molecule has 0 bridgehead atoms. The first kappa shape index (κ1) is 29.2. The number of ether oxygens (including phenoxy) is 4. The molecule has 0 aliphatic carbocycles. The van der Waals surface area contributed by atoms with E-state index >= 15 is 0 Å². The van der Waals surface area contributed by atoms with Crippen LogP contribution in [-0.4, -0.2) is 42.6 Å². The molecule has 40 heavy (non-hydrogen) atoms. The van der Waals surface area contributed by atoms with E-state index in [9.17, 15) is 19.5 Å². The quantitative estimate of drug-likeness (QED) is 0.339. The Morgan fingerprint density at radius 1 is 1.12 bits per heavy atom. The van der Waals surface area contributed by atoms with E-state index in [2.05, 4.69) is 0 Å². The lowest BCUT2D eigenvalue weighted by Crippen LogP contribution is -2.24. The number of phenols is 1. The largest absolute Gasteiger partial charge is 0.507 e. The zero-order valence-corrected chi connectivity index (χ0v) is 23.7. The predicted molar refractivity (Wildman–Crippen MR) is 150 cm³/mol. The third-order valence-electron chi connectivity index (χ3n) is 7.14. The summed E-state index contributed by atoms with van der Waals surface area (Å²) in [4.78, 5) is 38.4. The van der Waals surface area contributed by atoms with Crippen molar-refractivity contribution in [1.82, 2.24) is 0 Å². The summed E-state index contributed by atoms with van der Waals surface area (Å²) in [6.45, 7) is 6.26. The number of aromatic hydroxyl groups is 1. The highest BCUT2D eigenvalue weighted by molar-refractivity contribution is 5.98. The van der Waals surface area contributed by atoms with Crippen molar-refractivity contribution in [3.8, 4) is 23.0 Å². The minimum absolute atomic E-state index is 0.0190. The van der Waals surface area contributed by atoms with Gasteiger partial charge in [0.2, 0.25) is 0 Å². The number of esters is 2. The molecule has 2 atom stereocenters. The lowest BCUT2D eigenvalue weighted by atomic mass is 9.83. The molecule has 0 saturated carbocycles. The summed E-state index contributed by atoms with van der Waals surface area (Å²) in [7, 11) is 1.55. The highest BCUT2D eigenvalue weighted by Crippen LogP contribution is 2.50. The Kier molecular flexibility index (Phi) is 9.50. The minimum atomic E-state index is -0.673. The summed E-state index contributed by atoms with van der Waals surface area (Å²) >= 11 is 0. The highest BCUT2D eigenvalue weighted by Gasteiger charge is 2.37. The van der Waals surface area contributed by atoms with E-state index in [1.807, 2.05) is 26.0 Å². The molecule has 0 aromatic heterocycles. The number of hydrogen-bond donors (Lipinski definition) is 1. The lowest BCUT2D eigenvalue weighted by Gasteiger charge is -2.29. The van der Waals surface area contributed by atoms with Gasteiger partial charge < -0.3 is 24.1 Å². The molecule has 0 radical (unpaired) electrons. The van der Waals surface area contributed by atoms with Crippen LogP contribution in [0.1, 0.15) is 98.7 Å². The molecule has 1 N–H and O–H groups in total. The molecule has 2 heterocycles. The topological polar surface area (TPSA) is 108 Å². The maximum atomic E-state index is 13.5. The fraction of sp³-hybridized carbons (Fsp3) is 0.469. The fourth-order valence-electron chi connectivity index (χ4n) is 5.16. The van der Waals surface area contributed by atoms with Crippen molar-refractivity contribution >= 4 is 23.8 Å². The maximum Gasteiger partial charge on any atom is 0.342 e. The number of methoxy groups -OCH3 is 1. The number of fused-ring (bicyclic) bond motifs is 2. The van der Waals surface area contributed by atoms with Crippen molar-refractivity contribution in [3.05, 3.63) is 52.6 Å². The number of carbonyl (C=O) groups excluding carboxylic acids is 3. The van der Waals surface area contributed by atoms with Gasteiger partial charge in [-0.15, -0.1) is 0 Å². The van der Waals surface area contributed by atoms with E-state index in [0.717, 1.165) is 0 Å². The third kappa shape index (κ3) is 6.66. The zero-order chi connectivity index (χ0) is 28.8. The molecular weight excluding hydrogens is 512 g/mol. The Bertz CT molecular complexity index is 1290. The number of Topliss-reactive ketones (excluding diaryl/α,β-unsaturated/α-hetero) is 1. The first-order valence-corrected chi connectivity index (χ1v) is 14.0. The van der Waals surface area contributed by atoms with Gasteiger partial charge in [0.15, 0.2) is 11.5 Å². The summed E-state index contributed by atoms with van der Waals surface area (Å²) in [6, 6.07) is 7.01. The molecular formula is C32H38O8. The van der Waals surface area contributed by atoms with Crippen molar-refractivity contribution in [2.24, 2.45) is 5.92 Å². The van der Waals surface area contributed by atoms with E-state index in [0.29, 0.717) is 73.3 Å². The van der Waals surface area contributed by atoms with E-state index in [-0.39, 0.29) is 35.2 Å². The molecule has 2 aromatic carbocycles. The number of ketones is 1. The van der Waals surface area contributed by atoms with Crippen molar-refractivity contribution in [1.29, 1.82) is 0 Å². The van der Waals surface area contributed by atoms with Gasteiger partial charge in [0, 0.05) is 29.9 Å². The maximum absolute atomic E-state index is 13.5. The number of allylic oxidation sites excluding steroid dienone is 1. The SMILES string of the molecule is COc1cccc([C@H]2CC(=O)Oc3cc4c(c(O)c32)C(=O)O[C@H](C)CCCC(=O)CCCC=C4)c1OCC(C)C. The van der Waals surface area contributed by atoms with Gasteiger partial charge in [-0.25, -0.2) is 4.79 Å². The van der Waals surface area contributed by atoms with Crippen LogP contribution in [0.3, 0.4) is 0 Å². The molecule has 214 valence electrons. The number of rotatable bonds is 5. The Balaban J connectivity index is 1.85. The van der Waals surface area contributed by atoms with Crippen molar-refractivity contribution < 1.29 is 38.4 Å². The van der Waals surface area contributed by atoms with Crippen LogP contribution in [-0.2, 0) is 14.3 Å². The van der Waals surface area contributed by atoms with E-state index in [1.165, 1.54) is 0 Å². The molecule has 0 fully saturated rings. The summed E-state index contributed by atoms with van der Waals surface area (Å²) in [6.07, 6.45) is 6.47. The first-order chi connectivity index (χ1) is 19.2. The van der Waals surface area contributed by atoms with Crippen molar-refractivity contribution in [2.45, 2.75) is 77.7 Å². The van der Waals surface area contributed by atoms with E-state index in [4.69, 9.17) is 18.9 Å². The van der Waals surface area contributed by atoms with Gasteiger partial charge >= 0.3 is 11.9 Å². The average molecular weight is 551 g/mol. The molecule has 4 rings (SSSR count). The van der Waals surface area contributed by atoms with Crippen LogP contribution in [0.2, 0.25) is 0 Å².